The summed E-state index contributed by atoms with van der Waals surface area (Å²) in [6.07, 6.45) is 2.67. The van der Waals surface area contributed by atoms with Gasteiger partial charge in [0.1, 0.15) is 11.4 Å². The van der Waals surface area contributed by atoms with Crippen molar-refractivity contribution in [1.82, 2.24) is 0 Å². The van der Waals surface area contributed by atoms with Gasteiger partial charge in [-0.25, -0.2) is 8.78 Å². The number of hydrogen-bond donors (Lipinski definition) is 1. The van der Waals surface area contributed by atoms with Crippen molar-refractivity contribution in [2.24, 2.45) is 5.92 Å². The molecule has 0 radical (unpaired) electrons. The lowest BCUT2D eigenvalue weighted by Crippen LogP contribution is -2.21. The van der Waals surface area contributed by atoms with E-state index in [4.69, 9.17) is 13.0 Å². The van der Waals surface area contributed by atoms with Crippen molar-refractivity contribution >= 4 is 47.2 Å². The molecule has 4 rings (SSSR count). The summed E-state index contributed by atoms with van der Waals surface area (Å²) in [5, 5.41) is 0.769. The summed E-state index contributed by atoms with van der Waals surface area (Å²) in [7, 11) is -5.84. The molecule has 1 unspecified atom stereocenters. The van der Waals surface area contributed by atoms with E-state index in [9.17, 15) is 35.1 Å². The van der Waals surface area contributed by atoms with E-state index in [1.807, 2.05) is 12.1 Å². The normalized spacial score (nSPS) is 17.2. The van der Waals surface area contributed by atoms with Gasteiger partial charge in [0.2, 0.25) is 0 Å². The Bertz CT molecular complexity index is 1400. The first-order valence-corrected chi connectivity index (χ1v) is 12.9. The highest BCUT2D eigenvalue weighted by molar-refractivity contribution is 7.86. The van der Waals surface area contributed by atoms with Gasteiger partial charge in [-0.2, -0.15) is 34.8 Å². The van der Waals surface area contributed by atoms with Gasteiger partial charge >= 0.3 is 21.8 Å². The maximum atomic E-state index is 14.5. The van der Waals surface area contributed by atoms with Crippen molar-refractivity contribution in [3.8, 4) is 0 Å². The molecule has 36 heavy (non-hydrogen) atoms. The first-order valence-electron chi connectivity index (χ1n) is 10.7. The van der Waals surface area contributed by atoms with Crippen LogP contribution in [-0.2, 0) is 16.3 Å². The standard InChI is InChI=1S/C22H19F5S.CHF3O3S/c1-2-3-12-4-6-13(7-5-12)14-8-9-15-16-11-17(23)19(22(25,26)27)20(24)21(16)28-18(15)10-14;2-1(3,4)8(5,6)7/h6,8-12H,2-5,7H2,1H3;(H,5,6,7). The van der Waals surface area contributed by atoms with Crippen LogP contribution in [0.25, 0.3) is 25.7 Å². The summed E-state index contributed by atoms with van der Waals surface area (Å²) in [5.74, 6) is -2.39. The molecule has 3 nitrogen and oxygen atoms in total. The SMILES string of the molecule is CCCC1CC=C(c2ccc3c(c2)sc2c(F)c(C(F)(F)F)c(F)cc23)CC1.O=S(=O)(O)C(F)(F)F. The molecule has 198 valence electrons. The second-order valence-electron chi connectivity index (χ2n) is 8.31. The fourth-order valence-electron chi connectivity index (χ4n) is 4.12. The fraction of sp³-hybridized carbons (Fsp3) is 0.391. The van der Waals surface area contributed by atoms with Crippen LogP contribution in [-0.4, -0.2) is 18.5 Å². The van der Waals surface area contributed by atoms with Gasteiger partial charge in [0, 0.05) is 15.5 Å². The highest BCUT2D eigenvalue weighted by Gasteiger charge is 2.44. The number of hydrogen-bond acceptors (Lipinski definition) is 3. The van der Waals surface area contributed by atoms with Gasteiger partial charge in [0.15, 0.2) is 5.82 Å². The fourth-order valence-corrected chi connectivity index (χ4v) is 5.29. The molecule has 0 amide bonds. The Balaban J connectivity index is 0.000000392. The van der Waals surface area contributed by atoms with E-state index >= 15 is 0 Å². The molecule has 0 saturated carbocycles. The molecule has 1 N–H and O–H groups in total. The van der Waals surface area contributed by atoms with Crippen LogP contribution in [0.5, 0.6) is 0 Å². The number of benzene rings is 2. The molecule has 3 aromatic rings. The molecule has 1 aromatic heterocycles. The average molecular weight is 561 g/mol. The van der Waals surface area contributed by atoms with Gasteiger partial charge in [-0.1, -0.05) is 38.0 Å². The average Bonchev–Trinajstić information content (AvgIpc) is 3.11. The molecule has 1 heterocycles. The van der Waals surface area contributed by atoms with Crippen LogP contribution in [0.4, 0.5) is 35.1 Å². The van der Waals surface area contributed by atoms with Gasteiger partial charge in [0.25, 0.3) is 0 Å². The summed E-state index contributed by atoms with van der Waals surface area (Å²) in [5.41, 5.74) is -5.13. The Hall–Kier alpha value is -2.25. The molecule has 0 bridgehead atoms. The number of fused-ring (bicyclic) bond motifs is 3. The third kappa shape index (κ3) is 6.00. The van der Waals surface area contributed by atoms with Crippen molar-refractivity contribution in [2.75, 3.05) is 0 Å². The third-order valence-corrected chi connectivity index (χ3v) is 7.57. The Morgan fingerprint density at radius 3 is 2.19 bits per heavy atom. The molecule has 0 fully saturated rings. The van der Waals surface area contributed by atoms with Crippen LogP contribution >= 0.6 is 11.3 Å². The highest BCUT2D eigenvalue weighted by atomic mass is 32.2. The number of thiophene rings is 1. The Morgan fingerprint density at radius 2 is 1.69 bits per heavy atom. The second-order valence-corrected chi connectivity index (χ2v) is 10.8. The van der Waals surface area contributed by atoms with Gasteiger partial charge < -0.3 is 0 Å². The van der Waals surface area contributed by atoms with Crippen LogP contribution < -0.4 is 0 Å². The van der Waals surface area contributed by atoms with Crippen molar-refractivity contribution in [3.05, 3.63) is 53.1 Å². The molecule has 0 aliphatic heterocycles. The molecule has 0 spiro atoms. The Morgan fingerprint density at radius 1 is 1.06 bits per heavy atom. The van der Waals surface area contributed by atoms with Crippen LogP contribution in [0, 0.1) is 17.6 Å². The van der Waals surface area contributed by atoms with E-state index in [0.717, 1.165) is 42.2 Å². The lowest BCUT2D eigenvalue weighted by molar-refractivity contribution is -0.142. The molecule has 13 heteroatoms. The van der Waals surface area contributed by atoms with Crippen LogP contribution in [0.3, 0.4) is 0 Å². The van der Waals surface area contributed by atoms with E-state index in [1.165, 1.54) is 18.4 Å². The molecule has 1 aliphatic rings. The summed E-state index contributed by atoms with van der Waals surface area (Å²) < 4.78 is 126. The van der Waals surface area contributed by atoms with Crippen LogP contribution in [0.1, 0.15) is 50.2 Å². The minimum Gasteiger partial charge on any atom is -0.279 e. The molecule has 1 aliphatic carbocycles. The van der Waals surface area contributed by atoms with Gasteiger partial charge in [-0.05, 0) is 48.4 Å². The molecule has 1 atom stereocenters. The van der Waals surface area contributed by atoms with E-state index in [1.54, 1.807) is 6.07 Å². The van der Waals surface area contributed by atoms with Gasteiger partial charge in [0.05, 0.1) is 4.70 Å². The number of alkyl halides is 6. The second kappa shape index (κ2) is 10.3. The van der Waals surface area contributed by atoms with Crippen LogP contribution in [0.2, 0.25) is 0 Å². The first-order chi connectivity index (χ1) is 16.5. The summed E-state index contributed by atoms with van der Waals surface area (Å²) in [6, 6.07) is 6.34. The minimum atomic E-state index is -5.84. The lowest BCUT2D eigenvalue weighted by Gasteiger charge is -2.21. The zero-order valence-electron chi connectivity index (χ0n) is 18.6. The van der Waals surface area contributed by atoms with Crippen molar-refractivity contribution in [1.29, 1.82) is 0 Å². The Labute approximate surface area is 205 Å². The van der Waals surface area contributed by atoms with E-state index in [0.29, 0.717) is 16.0 Å². The summed E-state index contributed by atoms with van der Waals surface area (Å²) in [6.45, 7) is 2.18. The largest absolute Gasteiger partial charge is 0.522 e. The number of rotatable bonds is 3. The first kappa shape index (κ1) is 28.3. The van der Waals surface area contributed by atoms with Crippen LogP contribution in [0.15, 0.2) is 30.3 Å². The Kier molecular flexibility index (Phi) is 8.07. The highest BCUT2D eigenvalue weighted by Crippen LogP contribution is 2.43. The molecule has 2 aromatic carbocycles. The lowest BCUT2D eigenvalue weighted by atomic mass is 9.84. The summed E-state index contributed by atoms with van der Waals surface area (Å²) in [4.78, 5) is 0. The maximum Gasteiger partial charge on any atom is 0.522 e. The number of allylic oxidation sites excluding steroid dienone is 2. The molecule has 0 saturated heterocycles. The van der Waals surface area contributed by atoms with E-state index < -0.39 is 39.0 Å². The summed E-state index contributed by atoms with van der Waals surface area (Å²) >= 11 is 0.945. The monoisotopic (exact) mass is 560 g/mol. The van der Waals surface area contributed by atoms with E-state index in [2.05, 4.69) is 13.0 Å². The van der Waals surface area contributed by atoms with E-state index in [-0.39, 0.29) is 10.1 Å². The number of halogens is 8. The van der Waals surface area contributed by atoms with Crippen molar-refractivity contribution < 1.29 is 48.1 Å². The maximum absolute atomic E-state index is 14.5. The zero-order chi connectivity index (χ0) is 27.1. The third-order valence-electron chi connectivity index (χ3n) is 5.82. The van der Waals surface area contributed by atoms with Gasteiger partial charge in [-0.15, -0.1) is 11.3 Å². The zero-order valence-corrected chi connectivity index (χ0v) is 20.2. The van der Waals surface area contributed by atoms with Crippen molar-refractivity contribution in [3.63, 3.8) is 0 Å². The van der Waals surface area contributed by atoms with Crippen molar-refractivity contribution in [2.45, 2.75) is 50.7 Å². The quantitative estimate of drug-likeness (QED) is 0.198. The van der Waals surface area contributed by atoms with Gasteiger partial charge in [-0.3, -0.25) is 4.55 Å². The smallest absolute Gasteiger partial charge is 0.279 e. The topological polar surface area (TPSA) is 54.4 Å². The minimum absolute atomic E-state index is 0.151. The predicted octanol–water partition coefficient (Wildman–Crippen LogP) is 8.73. The molecular weight excluding hydrogens is 540 g/mol. The molecular formula is C23H20F8O3S2. The predicted molar refractivity (Wildman–Crippen MR) is 122 cm³/mol.